The van der Waals surface area contributed by atoms with Gasteiger partial charge in [0, 0.05) is 0 Å². The lowest BCUT2D eigenvalue weighted by molar-refractivity contribution is 0.967. The second-order valence-electron chi connectivity index (χ2n) is 5.40. The molecule has 0 atom stereocenters. The summed E-state index contributed by atoms with van der Waals surface area (Å²) >= 11 is 0. The molecule has 1 aliphatic rings. The average Bonchev–Trinajstić information content (AvgIpc) is 2.37. The van der Waals surface area contributed by atoms with Crippen LogP contribution < -0.4 is 0 Å². The number of aryl methyl sites for hydroxylation is 3. The van der Waals surface area contributed by atoms with Gasteiger partial charge in [-0.05, 0) is 66.1 Å². The number of hydrogen-bond acceptors (Lipinski definition) is 0. The molecule has 2 aromatic rings. The number of rotatable bonds is 1. The van der Waals surface area contributed by atoms with Crippen molar-refractivity contribution in [3.63, 3.8) is 0 Å². The topological polar surface area (TPSA) is 0 Å². The molecule has 0 amide bonds. The summed E-state index contributed by atoms with van der Waals surface area (Å²) in [6.07, 6.45) is 5.97. The third-order valence-electron chi connectivity index (χ3n) is 4.05. The van der Waals surface area contributed by atoms with Gasteiger partial charge in [-0.25, -0.2) is 0 Å². The molecule has 18 heavy (non-hydrogen) atoms. The molecule has 2 aromatic carbocycles. The van der Waals surface area contributed by atoms with Crippen LogP contribution in [0.2, 0.25) is 0 Å². The highest BCUT2D eigenvalue weighted by atomic mass is 14.2. The largest absolute Gasteiger partial charge is 0.0804 e. The molecule has 1 aliphatic carbocycles. The van der Waals surface area contributed by atoms with Gasteiger partial charge in [0.2, 0.25) is 0 Å². The minimum atomic E-state index is 1.14. The Morgan fingerprint density at radius 3 is 2.72 bits per heavy atom. The van der Waals surface area contributed by atoms with Crippen LogP contribution in [-0.4, -0.2) is 0 Å². The Morgan fingerprint density at radius 2 is 1.94 bits per heavy atom. The zero-order valence-corrected chi connectivity index (χ0v) is 11.5. The van der Waals surface area contributed by atoms with Crippen molar-refractivity contribution in [1.29, 1.82) is 0 Å². The summed E-state index contributed by atoms with van der Waals surface area (Å²) in [5.41, 5.74) is 7.38. The highest BCUT2D eigenvalue weighted by Crippen LogP contribution is 2.36. The van der Waals surface area contributed by atoms with Crippen LogP contribution in [0.3, 0.4) is 0 Å². The number of allylic oxidation sites excluding steroid dienone is 2. The molecular formula is C18H20. The smallest absolute Gasteiger partial charge is 0.00765 e. The minimum Gasteiger partial charge on any atom is -0.0804 e. The van der Waals surface area contributed by atoms with Crippen molar-refractivity contribution >= 4 is 16.3 Å². The van der Waals surface area contributed by atoms with E-state index >= 15 is 0 Å². The molecule has 0 aliphatic heterocycles. The summed E-state index contributed by atoms with van der Waals surface area (Å²) in [5.74, 6) is 0. The molecule has 0 unspecified atom stereocenters. The first kappa shape index (κ1) is 11.5. The molecule has 0 fully saturated rings. The van der Waals surface area contributed by atoms with E-state index in [0.29, 0.717) is 0 Å². The van der Waals surface area contributed by atoms with E-state index in [4.69, 9.17) is 0 Å². The molecule has 0 heteroatoms. The third-order valence-corrected chi connectivity index (χ3v) is 4.05. The van der Waals surface area contributed by atoms with Crippen LogP contribution in [0.5, 0.6) is 0 Å². The van der Waals surface area contributed by atoms with Crippen LogP contribution in [0.4, 0.5) is 0 Å². The Hall–Kier alpha value is -1.56. The standard InChI is InChI=1S/C18H20/c1-4-14-6-5-7-15-8-9-16-11-12(2)10-13(3)17(16)18(14)15/h6,8-11H,4-5,7H2,1-3H3. The van der Waals surface area contributed by atoms with Gasteiger partial charge in [-0.2, -0.15) is 0 Å². The summed E-state index contributed by atoms with van der Waals surface area (Å²) in [4.78, 5) is 0. The highest BCUT2D eigenvalue weighted by Gasteiger charge is 2.15. The molecule has 0 aromatic heterocycles. The summed E-state index contributed by atoms with van der Waals surface area (Å²) < 4.78 is 0. The maximum Gasteiger partial charge on any atom is -0.00765 e. The zero-order chi connectivity index (χ0) is 12.7. The third kappa shape index (κ3) is 1.68. The van der Waals surface area contributed by atoms with Crippen LogP contribution >= 0.6 is 0 Å². The van der Waals surface area contributed by atoms with Gasteiger partial charge in [0.05, 0.1) is 0 Å². The van der Waals surface area contributed by atoms with Gasteiger partial charge < -0.3 is 0 Å². The van der Waals surface area contributed by atoms with Gasteiger partial charge in [-0.1, -0.05) is 42.8 Å². The summed E-state index contributed by atoms with van der Waals surface area (Å²) in [7, 11) is 0. The van der Waals surface area contributed by atoms with E-state index in [1.165, 1.54) is 51.4 Å². The first-order valence-corrected chi connectivity index (χ1v) is 6.93. The minimum absolute atomic E-state index is 1.14. The Labute approximate surface area is 109 Å². The first-order chi connectivity index (χ1) is 8.70. The van der Waals surface area contributed by atoms with E-state index < -0.39 is 0 Å². The van der Waals surface area contributed by atoms with Crippen molar-refractivity contribution in [1.82, 2.24) is 0 Å². The fraction of sp³-hybridized carbons (Fsp3) is 0.333. The number of benzene rings is 2. The van der Waals surface area contributed by atoms with Crippen LogP contribution in [0, 0.1) is 13.8 Å². The molecule has 3 rings (SSSR count). The van der Waals surface area contributed by atoms with Crippen LogP contribution in [-0.2, 0) is 6.42 Å². The van der Waals surface area contributed by atoms with Crippen molar-refractivity contribution < 1.29 is 0 Å². The van der Waals surface area contributed by atoms with Crippen molar-refractivity contribution in [3.05, 3.63) is 52.6 Å². The lowest BCUT2D eigenvalue weighted by Crippen LogP contribution is -2.01. The lowest BCUT2D eigenvalue weighted by atomic mass is 9.84. The van der Waals surface area contributed by atoms with Crippen molar-refractivity contribution in [2.75, 3.05) is 0 Å². The summed E-state index contributed by atoms with van der Waals surface area (Å²) in [6, 6.07) is 9.25. The van der Waals surface area contributed by atoms with Gasteiger partial charge >= 0.3 is 0 Å². The summed E-state index contributed by atoms with van der Waals surface area (Å²) in [6.45, 7) is 6.70. The molecule has 0 saturated carbocycles. The van der Waals surface area contributed by atoms with Gasteiger partial charge in [-0.15, -0.1) is 0 Å². The summed E-state index contributed by atoms with van der Waals surface area (Å²) in [5, 5.41) is 2.87. The van der Waals surface area contributed by atoms with E-state index in [1.807, 2.05) is 0 Å². The van der Waals surface area contributed by atoms with E-state index in [2.05, 4.69) is 51.1 Å². The monoisotopic (exact) mass is 236 g/mol. The predicted molar refractivity (Wildman–Crippen MR) is 80.0 cm³/mol. The Balaban J connectivity index is 2.42. The second kappa shape index (κ2) is 4.28. The SMILES string of the molecule is CCC1=CCCc2ccc3cc(C)cc(C)c3c21. The molecule has 92 valence electrons. The Bertz CT molecular complexity index is 645. The molecule has 0 radical (unpaired) electrons. The van der Waals surface area contributed by atoms with Gasteiger partial charge in [0.15, 0.2) is 0 Å². The van der Waals surface area contributed by atoms with E-state index in [0.717, 1.165) is 6.42 Å². The molecule has 0 heterocycles. The Morgan fingerprint density at radius 1 is 1.11 bits per heavy atom. The predicted octanol–water partition coefficient (Wildman–Crippen LogP) is 5.20. The molecule has 0 bridgehead atoms. The maximum atomic E-state index is 2.43. The normalized spacial score (nSPS) is 14.5. The van der Waals surface area contributed by atoms with Crippen LogP contribution in [0.25, 0.3) is 16.3 Å². The van der Waals surface area contributed by atoms with Crippen LogP contribution in [0.15, 0.2) is 30.3 Å². The second-order valence-corrected chi connectivity index (χ2v) is 5.40. The zero-order valence-electron chi connectivity index (χ0n) is 11.5. The Kier molecular flexibility index (Phi) is 2.74. The average molecular weight is 236 g/mol. The van der Waals surface area contributed by atoms with E-state index in [9.17, 15) is 0 Å². The lowest BCUT2D eigenvalue weighted by Gasteiger charge is -2.21. The number of fused-ring (bicyclic) bond motifs is 3. The maximum absolute atomic E-state index is 2.43. The van der Waals surface area contributed by atoms with Crippen LogP contribution in [0.1, 0.15) is 42.0 Å². The van der Waals surface area contributed by atoms with E-state index in [-0.39, 0.29) is 0 Å². The van der Waals surface area contributed by atoms with Crippen molar-refractivity contribution in [3.8, 4) is 0 Å². The molecule has 0 spiro atoms. The van der Waals surface area contributed by atoms with Crippen molar-refractivity contribution in [2.45, 2.75) is 40.0 Å². The van der Waals surface area contributed by atoms with E-state index in [1.54, 1.807) is 0 Å². The van der Waals surface area contributed by atoms with Crippen molar-refractivity contribution in [2.24, 2.45) is 0 Å². The quantitative estimate of drug-likeness (QED) is 0.638. The van der Waals surface area contributed by atoms with Gasteiger partial charge in [-0.3, -0.25) is 0 Å². The molecular weight excluding hydrogens is 216 g/mol. The first-order valence-electron chi connectivity index (χ1n) is 6.93. The highest BCUT2D eigenvalue weighted by molar-refractivity contribution is 5.98. The number of hydrogen-bond donors (Lipinski definition) is 0. The fourth-order valence-electron chi connectivity index (χ4n) is 3.31. The fourth-order valence-corrected chi connectivity index (χ4v) is 3.31. The molecule has 0 saturated heterocycles. The molecule has 0 N–H and O–H groups in total. The van der Waals surface area contributed by atoms with Gasteiger partial charge in [0.1, 0.15) is 0 Å². The van der Waals surface area contributed by atoms with Gasteiger partial charge in [0.25, 0.3) is 0 Å². The molecule has 0 nitrogen and oxygen atoms in total.